The molecule has 0 spiro atoms. The lowest BCUT2D eigenvalue weighted by Gasteiger charge is -2.35. The number of hydrogen-bond donors (Lipinski definition) is 1. The predicted molar refractivity (Wildman–Crippen MR) is 120 cm³/mol. The Kier molecular flexibility index (Phi) is 7.76. The fraction of sp³-hybridized carbons (Fsp3) is 0.739. The first-order chi connectivity index (χ1) is 13.8. The van der Waals surface area contributed by atoms with Gasteiger partial charge in [0.05, 0.1) is 4.90 Å². The molecule has 2 saturated heterocycles. The van der Waals surface area contributed by atoms with Crippen LogP contribution in [0.4, 0.5) is 0 Å². The van der Waals surface area contributed by atoms with Gasteiger partial charge in [0.1, 0.15) is 0 Å². The Hall–Kier alpha value is -0.950. The first kappa shape index (κ1) is 22.7. The topological polar surface area (TPSA) is 52.7 Å². The van der Waals surface area contributed by atoms with Crippen molar-refractivity contribution in [3.05, 3.63) is 29.8 Å². The van der Waals surface area contributed by atoms with E-state index in [4.69, 9.17) is 0 Å². The highest BCUT2D eigenvalue weighted by atomic mass is 32.2. The number of piperidine rings is 2. The van der Waals surface area contributed by atoms with E-state index in [0.29, 0.717) is 11.4 Å². The second kappa shape index (κ2) is 9.90. The fourth-order valence-electron chi connectivity index (χ4n) is 4.49. The Balaban J connectivity index is 1.74. The Morgan fingerprint density at radius 3 is 2.24 bits per heavy atom. The van der Waals surface area contributed by atoms with E-state index in [1.807, 2.05) is 16.4 Å². The highest BCUT2D eigenvalue weighted by Gasteiger charge is 2.32. The molecule has 0 unspecified atom stereocenters. The maximum Gasteiger partial charge on any atom is 0.243 e. The molecule has 6 heteroatoms. The average molecular weight is 422 g/mol. The number of hydrogen-bond acceptors (Lipinski definition) is 4. The van der Waals surface area contributed by atoms with Crippen LogP contribution in [0.15, 0.2) is 29.2 Å². The summed E-state index contributed by atoms with van der Waals surface area (Å²) in [5.41, 5.74) is 1.18. The zero-order chi connectivity index (χ0) is 20.9. The van der Waals surface area contributed by atoms with Gasteiger partial charge in [0, 0.05) is 12.6 Å². The molecule has 0 radical (unpaired) electrons. The van der Waals surface area contributed by atoms with Gasteiger partial charge < -0.3 is 10.2 Å². The summed E-state index contributed by atoms with van der Waals surface area (Å²) in [6.07, 6.45) is 6.57. The van der Waals surface area contributed by atoms with Gasteiger partial charge in [0.25, 0.3) is 0 Å². The van der Waals surface area contributed by atoms with E-state index in [1.165, 1.54) is 19.3 Å². The molecule has 0 bridgehead atoms. The maximum atomic E-state index is 13.6. The maximum absolute atomic E-state index is 13.6. The van der Waals surface area contributed by atoms with Crippen molar-refractivity contribution in [2.75, 3.05) is 39.3 Å². The third kappa shape index (κ3) is 6.03. The van der Waals surface area contributed by atoms with Gasteiger partial charge in [-0.25, -0.2) is 8.42 Å². The summed E-state index contributed by atoms with van der Waals surface area (Å²) in [4.78, 5) is 2.93. The molecule has 0 aliphatic carbocycles. The Morgan fingerprint density at radius 2 is 1.66 bits per heavy atom. The van der Waals surface area contributed by atoms with Crippen LogP contribution in [0, 0.1) is 0 Å². The van der Waals surface area contributed by atoms with Gasteiger partial charge in [-0.2, -0.15) is 4.31 Å². The minimum Gasteiger partial charge on any atom is -0.317 e. The molecule has 2 fully saturated rings. The quantitative estimate of drug-likeness (QED) is 0.731. The molecule has 0 saturated carbocycles. The van der Waals surface area contributed by atoms with E-state index < -0.39 is 10.0 Å². The molecule has 2 aliphatic heterocycles. The molecule has 0 amide bonds. The van der Waals surface area contributed by atoms with Crippen molar-refractivity contribution in [2.45, 2.75) is 75.6 Å². The van der Waals surface area contributed by atoms with Crippen molar-refractivity contribution in [1.29, 1.82) is 0 Å². The largest absolute Gasteiger partial charge is 0.317 e. The van der Waals surface area contributed by atoms with Gasteiger partial charge in [-0.3, -0.25) is 0 Å². The summed E-state index contributed by atoms with van der Waals surface area (Å²) >= 11 is 0. The van der Waals surface area contributed by atoms with Crippen LogP contribution in [0.25, 0.3) is 0 Å². The van der Waals surface area contributed by atoms with Crippen molar-refractivity contribution in [1.82, 2.24) is 14.5 Å². The van der Waals surface area contributed by atoms with Gasteiger partial charge in [-0.1, -0.05) is 39.3 Å². The molecule has 164 valence electrons. The molecule has 29 heavy (non-hydrogen) atoms. The zero-order valence-electron chi connectivity index (χ0n) is 18.5. The molecule has 2 heterocycles. The van der Waals surface area contributed by atoms with E-state index in [9.17, 15) is 8.42 Å². The number of sulfonamides is 1. The minimum absolute atomic E-state index is 0.0193. The number of likely N-dealkylation sites (tertiary alicyclic amines) is 1. The SMILES string of the molecule is CC(C)(C)c1ccc(S(=O)(=O)N(CCCN2CCCCC2)C2CCNCC2)cc1. The lowest BCUT2D eigenvalue weighted by Crippen LogP contribution is -2.47. The monoisotopic (exact) mass is 421 g/mol. The van der Waals surface area contributed by atoms with Gasteiger partial charge >= 0.3 is 0 Å². The molecule has 0 aromatic heterocycles. The van der Waals surface area contributed by atoms with E-state index in [2.05, 4.69) is 31.0 Å². The number of rotatable bonds is 7. The van der Waals surface area contributed by atoms with E-state index >= 15 is 0 Å². The molecule has 2 aliphatic rings. The third-order valence-electron chi connectivity index (χ3n) is 6.34. The molecular weight excluding hydrogens is 382 g/mol. The van der Waals surface area contributed by atoms with Crippen molar-refractivity contribution >= 4 is 10.0 Å². The Labute approximate surface area is 177 Å². The van der Waals surface area contributed by atoms with Crippen LogP contribution in [-0.4, -0.2) is 62.9 Å². The summed E-state index contributed by atoms with van der Waals surface area (Å²) in [7, 11) is -3.48. The average Bonchev–Trinajstić information content (AvgIpc) is 2.72. The van der Waals surface area contributed by atoms with Crippen LogP contribution in [0.1, 0.15) is 64.9 Å². The molecule has 1 N–H and O–H groups in total. The minimum atomic E-state index is -3.48. The fourth-order valence-corrected chi connectivity index (χ4v) is 6.21. The van der Waals surface area contributed by atoms with Crippen molar-refractivity contribution in [3.63, 3.8) is 0 Å². The number of nitrogens with zero attached hydrogens (tertiary/aromatic N) is 2. The van der Waals surface area contributed by atoms with Crippen molar-refractivity contribution in [2.24, 2.45) is 0 Å². The van der Waals surface area contributed by atoms with Crippen LogP contribution in [0.2, 0.25) is 0 Å². The summed E-state index contributed by atoms with van der Waals surface area (Å²) in [5.74, 6) is 0. The second-order valence-electron chi connectivity index (χ2n) is 9.63. The summed E-state index contributed by atoms with van der Waals surface area (Å²) < 4.78 is 28.9. The molecule has 5 nitrogen and oxygen atoms in total. The Bertz CT molecular complexity index is 728. The second-order valence-corrected chi connectivity index (χ2v) is 11.5. The standard InChI is InChI=1S/C23H39N3O2S/c1-23(2,3)20-8-10-22(11-9-20)29(27,28)26(21-12-14-24-15-13-21)19-7-18-25-16-5-4-6-17-25/h8-11,21,24H,4-7,12-19H2,1-3H3. The van der Waals surface area contributed by atoms with Crippen LogP contribution in [-0.2, 0) is 15.4 Å². The molecule has 1 aromatic carbocycles. The van der Waals surface area contributed by atoms with Crippen LogP contribution in [0.3, 0.4) is 0 Å². The smallest absolute Gasteiger partial charge is 0.243 e. The molecular formula is C23H39N3O2S. The highest BCUT2D eigenvalue weighted by Crippen LogP contribution is 2.27. The molecule has 0 atom stereocenters. The summed E-state index contributed by atoms with van der Waals surface area (Å²) in [6, 6.07) is 7.65. The van der Waals surface area contributed by atoms with Crippen molar-refractivity contribution in [3.8, 4) is 0 Å². The van der Waals surface area contributed by atoms with Crippen LogP contribution < -0.4 is 5.32 Å². The van der Waals surface area contributed by atoms with Gasteiger partial charge in [-0.15, -0.1) is 0 Å². The van der Waals surface area contributed by atoms with Gasteiger partial charge in [-0.05, 0) is 87.9 Å². The number of nitrogens with one attached hydrogen (secondary N) is 1. The first-order valence-corrected chi connectivity index (χ1v) is 12.8. The van der Waals surface area contributed by atoms with E-state index in [1.54, 1.807) is 12.1 Å². The first-order valence-electron chi connectivity index (χ1n) is 11.3. The van der Waals surface area contributed by atoms with Gasteiger partial charge in [0.15, 0.2) is 0 Å². The van der Waals surface area contributed by atoms with Crippen LogP contribution >= 0.6 is 0 Å². The predicted octanol–water partition coefficient (Wildman–Crippen LogP) is 3.60. The summed E-state index contributed by atoms with van der Waals surface area (Å²) in [5, 5.41) is 3.36. The molecule has 1 aromatic rings. The lowest BCUT2D eigenvalue weighted by molar-refractivity contribution is 0.205. The van der Waals surface area contributed by atoms with Crippen molar-refractivity contribution < 1.29 is 8.42 Å². The van der Waals surface area contributed by atoms with E-state index in [0.717, 1.165) is 57.5 Å². The zero-order valence-corrected chi connectivity index (χ0v) is 19.3. The number of benzene rings is 1. The third-order valence-corrected chi connectivity index (χ3v) is 8.31. The summed E-state index contributed by atoms with van der Waals surface area (Å²) in [6.45, 7) is 12.2. The lowest BCUT2D eigenvalue weighted by atomic mass is 9.87. The normalized spacial score (nSPS) is 20.3. The molecule has 3 rings (SSSR count). The highest BCUT2D eigenvalue weighted by molar-refractivity contribution is 7.89. The van der Waals surface area contributed by atoms with Crippen LogP contribution in [0.5, 0.6) is 0 Å². The van der Waals surface area contributed by atoms with E-state index in [-0.39, 0.29) is 11.5 Å². The Morgan fingerprint density at radius 1 is 1.03 bits per heavy atom. The van der Waals surface area contributed by atoms with Gasteiger partial charge in [0.2, 0.25) is 10.0 Å².